The third-order valence-corrected chi connectivity index (χ3v) is 3.07. The van der Waals surface area contributed by atoms with Gasteiger partial charge in [0.05, 0.1) is 4.47 Å². The van der Waals surface area contributed by atoms with Gasteiger partial charge < -0.3 is 0 Å². The molecule has 2 rings (SSSR count). The predicted molar refractivity (Wildman–Crippen MR) is 73.9 cm³/mol. The maximum Gasteiger partial charge on any atom is 0.185 e. The van der Waals surface area contributed by atoms with Crippen molar-refractivity contribution in [3.63, 3.8) is 0 Å². The van der Waals surface area contributed by atoms with E-state index in [9.17, 15) is 9.18 Å². The lowest BCUT2D eigenvalue weighted by atomic mass is 10.1. The smallest absolute Gasteiger partial charge is 0.185 e. The Morgan fingerprint density at radius 1 is 1.11 bits per heavy atom. The molecule has 1 nitrogen and oxygen atoms in total. The Kier molecular flexibility index (Phi) is 4.05. The summed E-state index contributed by atoms with van der Waals surface area (Å²) >= 11 is 3.05. The van der Waals surface area contributed by atoms with Crippen molar-refractivity contribution in [1.82, 2.24) is 0 Å². The highest BCUT2D eigenvalue weighted by Gasteiger charge is 2.05. The van der Waals surface area contributed by atoms with Gasteiger partial charge in [-0.3, -0.25) is 4.79 Å². The van der Waals surface area contributed by atoms with Crippen molar-refractivity contribution < 1.29 is 9.18 Å². The molecule has 0 aromatic heterocycles. The average Bonchev–Trinajstić information content (AvgIpc) is 2.40. The van der Waals surface area contributed by atoms with Crippen LogP contribution in [-0.2, 0) is 0 Å². The van der Waals surface area contributed by atoms with E-state index in [2.05, 4.69) is 15.9 Å². The van der Waals surface area contributed by atoms with Crippen LogP contribution in [0.25, 0.3) is 6.08 Å². The Hall–Kier alpha value is -1.74. The van der Waals surface area contributed by atoms with Crippen molar-refractivity contribution >= 4 is 27.8 Å². The van der Waals surface area contributed by atoms with Crippen LogP contribution in [-0.4, -0.2) is 5.78 Å². The van der Waals surface area contributed by atoms with Crippen LogP contribution in [0, 0.1) is 5.82 Å². The van der Waals surface area contributed by atoms with E-state index in [1.807, 2.05) is 30.3 Å². The highest BCUT2D eigenvalue weighted by Crippen LogP contribution is 2.17. The standard InChI is InChI=1S/C15H10BrFO/c16-13-8-7-12(10-14(13)17)15(18)9-6-11-4-2-1-3-5-11/h1-10H/b9-6+. The second-order valence-corrected chi connectivity index (χ2v) is 4.59. The van der Waals surface area contributed by atoms with E-state index in [0.29, 0.717) is 10.0 Å². The molecular weight excluding hydrogens is 295 g/mol. The fraction of sp³-hybridized carbons (Fsp3) is 0. The van der Waals surface area contributed by atoms with E-state index in [1.54, 1.807) is 12.1 Å². The molecule has 0 radical (unpaired) electrons. The number of hydrogen-bond acceptors (Lipinski definition) is 1. The number of carbonyl (C=O) groups excluding carboxylic acids is 1. The lowest BCUT2D eigenvalue weighted by molar-refractivity contribution is 0.104. The summed E-state index contributed by atoms with van der Waals surface area (Å²) in [5.41, 5.74) is 1.27. The Labute approximate surface area is 113 Å². The lowest BCUT2D eigenvalue weighted by Gasteiger charge is -1.98. The number of benzene rings is 2. The number of hydrogen-bond donors (Lipinski definition) is 0. The van der Waals surface area contributed by atoms with E-state index in [0.717, 1.165) is 5.56 Å². The minimum atomic E-state index is -0.436. The number of ketones is 1. The van der Waals surface area contributed by atoms with Gasteiger partial charge in [0.1, 0.15) is 5.82 Å². The summed E-state index contributed by atoms with van der Waals surface area (Å²) in [6.45, 7) is 0. The molecule has 0 saturated heterocycles. The summed E-state index contributed by atoms with van der Waals surface area (Å²) in [6, 6.07) is 13.8. The Balaban J connectivity index is 2.17. The van der Waals surface area contributed by atoms with Gasteiger partial charge in [0.2, 0.25) is 0 Å². The van der Waals surface area contributed by atoms with Crippen LogP contribution in [0.3, 0.4) is 0 Å². The summed E-state index contributed by atoms with van der Waals surface area (Å²) in [4.78, 5) is 11.8. The molecule has 0 aliphatic carbocycles. The lowest BCUT2D eigenvalue weighted by Crippen LogP contribution is -1.95. The molecule has 90 valence electrons. The molecule has 3 heteroatoms. The first-order chi connectivity index (χ1) is 8.66. The second-order valence-electron chi connectivity index (χ2n) is 3.74. The normalized spacial score (nSPS) is 10.8. The summed E-state index contributed by atoms with van der Waals surface area (Å²) < 4.78 is 13.6. The molecule has 2 aromatic rings. The van der Waals surface area contributed by atoms with Crippen LogP contribution in [0.2, 0.25) is 0 Å². The fourth-order valence-electron chi connectivity index (χ4n) is 1.48. The Bertz CT molecular complexity index is 591. The van der Waals surface area contributed by atoms with Gasteiger partial charge in [-0.1, -0.05) is 36.4 Å². The molecular formula is C15H10BrFO. The molecule has 0 spiro atoms. The molecule has 0 fully saturated rings. The molecule has 18 heavy (non-hydrogen) atoms. The minimum absolute atomic E-state index is 0.217. The zero-order chi connectivity index (χ0) is 13.0. The van der Waals surface area contributed by atoms with Gasteiger partial charge in [-0.2, -0.15) is 0 Å². The number of allylic oxidation sites excluding steroid dienone is 1. The van der Waals surface area contributed by atoms with Crippen LogP contribution < -0.4 is 0 Å². The Morgan fingerprint density at radius 2 is 1.83 bits per heavy atom. The number of rotatable bonds is 3. The van der Waals surface area contributed by atoms with Crippen LogP contribution in [0.15, 0.2) is 59.1 Å². The van der Waals surface area contributed by atoms with Crippen molar-refractivity contribution in [2.45, 2.75) is 0 Å². The highest BCUT2D eigenvalue weighted by molar-refractivity contribution is 9.10. The molecule has 0 aliphatic heterocycles. The van der Waals surface area contributed by atoms with Crippen molar-refractivity contribution in [3.05, 3.63) is 76.0 Å². The summed E-state index contributed by atoms with van der Waals surface area (Å²) in [7, 11) is 0. The van der Waals surface area contributed by atoms with Gasteiger partial charge in [-0.05, 0) is 45.8 Å². The van der Waals surface area contributed by atoms with E-state index in [4.69, 9.17) is 0 Å². The number of halogens is 2. The van der Waals surface area contributed by atoms with Gasteiger partial charge in [0, 0.05) is 5.56 Å². The topological polar surface area (TPSA) is 17.1 Å². The summed E-state index contributed by atoms with van der Waals surface area (Å²) in [6.07, 6.45) is 3.15. The van der Waals surface area contributed by atoms with Gasteiger partial charge >= 0.3 is 0 Å². The fourth-order valence-corrected chi connectivity index (χ4v) is 1.73. The first-order valence-electron chi connectivity index (χ1n) is 5.39. The van der Waals surface area contributed by atoms with Gasteiger partial charge in [0.25, 0.3) is 0 Å². The summed E-state index contributed by atoms with van der Waals surface area (Å²) in [5, 5.41) is 0. The average molecular weight is 305 g/mol. The molecule has 0 aliphatic rings. The van der Waals surface area contributed by atoms with E-state index >= 15 is 0 Å². The first kappa shape index (κ1) is 12.7. The highest BCUT2D eigenvalue weighted by atomic mass is 79.9. The largest absolute Gasteiger partial charge is 0.289 e. The van der Waals surface area contributed by atoms with Gasteiger partial charge in [-0.25, -0.2) is 4.39 Å². The quantitative estimate of drug-likeness (QED) is 0.603. The third-order valence-electron chi connectivity index (χ3n) is 2.43. The number of carbonyl (C=O) groups is 1. The molecule has 0 unspecified atom stereocenters. The van der Waals surface area contributed by atoms with Gasteiger partial charge in [0.15, 0.2) is 5.78 Å². The van der Waals surface area contributed by atoms with Crippen molar-refractivity contribution in [2.24, 2.45) is 0 Å². The van der Waals surface area contributed by atoms with E-state index < -0.39 is 5.82 Å². The van der Waals surface area contributed by atoms with E-state index in [1.165, 1.54) is 18.2 Å². The van der Waals surface area contributed by atoms with Crippen molar-refractivity contribution in [1.29, 1.82) is 0 Å². The van der Waals surface area contributed by atoms with Crippen LogP contribution in [0.5, 0.6) is 0 Å². The molecule has 0 heterocycles. The zero-order valence-electron chi connectivity index (χ0n) is 9.44. The molecule has 0 atom stereocenters. The SMILES string of the molecule is O=C(/C=C/c1ccccc1)c1ccc(Br)c(F)c1. The molecule has 0 bridgehead atoms. The van der Waals surface area contributed by atoms with Crippen molar-refractivity contribution in [3.8, 4) is 0 Å². The van der Waals surface area contributed by atoms with Crippen LogP contribution >= 0.6 is 15.9 Å². The van der Waals surface area contributed by atoms with Crippen LogP contribution in [0.4, 0.5) is 4.39 Å². The maximum atomic E-state index is 13.3. The molecule has 0 N–H and O–H groups in total. The second kappa shape index (κ2) is 5.74. The van der Waals surface area contributed by atoms with Crippen molar-refractivity contribution in [2.75, 3.05) is 0 Å². The monoisotopic (exact) mass is 304 g/mol. The molecule has 2 aromatic carbocycles. The van der Waals surface area contributed by atoms with Crippen LogP contribution in [0.1, 0.15) is 15.9 Å². The van der Waals surface area contributed by atoms with E-state index in [-0.39, 0.29) is 5.78 Å². The maximum absolute atomic E-state index is 13.3. The Morgan fingerprint density at radius 3 is 2.50 bits per heavy atom. The predicted octanol–water partition coefficient (Wildman–Crippen LogP) is 4.48. The summed E-state index contributed by atoms with van der Waals surface area (Å²) in [5.74, 6) is -0.654. The van der Waals surface area contributed by atoms with Gasteiger partial charge in [-0.15, -0.1) is 0 Å². The molecule has 0 saturated carbocycles. The molecule has 0 amide bonds. The minimum Gasteiger partial charge on any atom is -0.289 e. The third kappa shape index (κ3) is 3.14. The first-order valence-corrected chi connectivity index (χ1v) is 6.18. The zero-order valence-corrected chi connectivity index (χ0v) is 11.0.